The highest BCUT2D eigenvalue weighted by molar-refractivity contribution is 5.13. The maximum absolute atomic E-state index is 9.45. The third-order valence-corrected chi connectivity index (χ3v) is 2.94. The van der Waals surface area contributed by atoms with Crippen molar-refractivity contribution in [3.63, 3.8) is 0 Å². The highest BCUT2D eigenvalue weighted by Gasteiger charge is 2.33. The highest BCUT2D eigenvalue weighted by Crippen LogP contribution is 2.24. The summed E-state index contributed by atoms with van der Waals surface area (Å²) in [5.74, 6) is 6.53. The second-order valence-electron chi connectivity index (χ2n) is 4.08. The van der Waals surface area contributed by atoms with Gasteiger partial charge in [0.25, 0.3) is 0 Å². The Balaban J connectivity index is 1.89. The number of hydrogen-bond donors (Lipinski definition) is 2. The van der Waals surface area contributed by atoms with E-state index in [1.54, 1.807) is 0 Å². The second-order valence-corrected chi connectivity index (χ2v) is 4.08. The van der Waals surface area contributed by atoms with E-state index in [2.05, 4.69) is 11.8 Å². The SMILES string of the molecule is OC1COC(C#CC2CCCC2)C1O. The van der Waals surface area contributed by atoms with E-state index in [-0.39, 0.29) is 6.61 Å². The fourth-order valence-electron chi connectivity index (χ4n) is 2.00. The zero-order valence-corrected chi connectivity index (χ0v) is 8.15. The van der Waals surface area contributed by atoms with Gasteiger partial charge in [-0.1, -0.05) is 24.7 Å². The fourth-order valence-corrected chi connectivity index (χ4v) is 2.00. The monoisotopic (exact) mass is 196 g/mol. The molecule has 0 spiro atoms. The molecule has 2 rings (SSSR count). The lowest BCUT2D eigenvalue weighted by Gasteiger charge is -2.08. The number of rotatable bonds is 0. The number of hydrogen-bond acceptors (Lipinski definition) is 3. The van der Waals surface area contributed by atoms with Crippen LogP contribution in [0.5, 0.6) is 0 Å². The first kappa shape index (κ1) is 9.97. The summed E-state index contributed by atoms with van der Waals surface area (Å²) in [6.07, 6.45) is 2.77. The molecule has 0 amide bonds. The minimum atomic E-state index is -0.830. The normalized spacial score (nSPS) is 38.3. The second kappa shape index (κ2) is 4.31. The van der Waals surface area contributed by atoms with Gasteiger partial charge in [-0.15, -0.1) is 0 Å². The lowest BCUT2D eigenvalue weighted by atomic mass is 10.1. The molecule has 1 heterocycles. The Morgan fingerprint density at radius 3 is 2.36 bits per heavy atom. The molecular formula is C11H16O3. The molecule has 78 valence electrons. The fraction of sp³-hybridized carbons (Fsp3) is 0.818. The number of ether oxygens (including phenoxy) is 1. The first-order valence-electron chi connectivity index (χ1n) is 5.26. The summed E-state index contributed by atoms with van der Waals surface area (Å²) in [5, 5.41) is 18.7. The topological polar surface area (TPSA) is 49.7 Å². The van der Waals surface area contributed by atoms with Crippen molar-refractivity contribution < 1.29 is 14.9 Å². The summed E-state index contributed by atoms with van der Waals surface area (Å²) in [6.45, 7) is 0.200. The van der Waals surface area contributed by atoms with Crippen LogP contribution in [0, 0.1) is 17.8 Å². The van der Waals surface area contributed by atoms with Crippen molar-refractivity contribution in [1.29, 1.82) is 0 Å². The lowest BCUT2D eigenvalue weighted by Crippen LogP contribution is -2.28. The zero-order valence-electron chi connectivity index (χ0n) is 8.15. The van der Waals surface area contributed by atoms with E-state index < -0.39 is 18.3 Å². The van der Waals surface area contributed by atoms with Crippen molar-refractivity contribution in [1.82, 2.24) is 0 Å². The van der Waals surface area contributed by atoms with Crippen LogP contribution in [0.15, 0.2) is 0 Å². The summed E-state index contributed by atoms with van der Waals surface area (Å²) in [4.78, 5) is 0. The molecule has 3 nitrogen and oxygen atoms in total. The maximum atomic E-state index is 9.45. The van der Waals surface area contributed by atoms with Gasteiger partial charge in [0.15, 0.2) is 0 Å². The van der Waals surface area contributed by atoms with E-state index >= 15 is 0 Å². The van der Waals surface area contributed by atoms with Crippen LogP contribution in [0.2, 0.25) is 0 Å². The predicted molar refractivity (Wildman–Crippen MR) is 51.5 cm³/mol. The molecule has 1 aliphatic heterocycles. The molecule has 1 saturated heterocycles. The standard InChI is InChI=1S/C11H16O3/c12-9-7-14-10(11(9)13)6-5-8-3-1-2-4-8/h8-13H,1-4,7H2. The molecule has 14 heavy (non-hydrogen) atoms. The van der Waals surface area contributed by atoms with Crippen LogP contribution in [0.25, 0.3) is 0 Å². The predicted octanol–water partition coefficient (Wildman–Crippen LogP) is 0.301. The molecule has 1 saturated carbocycles. The third kappa shape index (κ3) is 2.09. The molecule has 0 aromatic heterocycles. The third-order valence-electron chi connectivity index (χ3n) is 2.94. The molecule has 0 aromatic carbocycles. The Morgan fingerprint density at radius 1 is 1.07 bits per heavy atom. The van der Waals surface area contributed by atoms with Crippen molar-refractivity contribution in [2.45, 2.75) is 44.0 Å². The van der Waals surface area contributed by atoms with E-state index in [0.29, 0.717) is 5.92 Å². The summed E-state index contributed by atoms with van der Waals surface area (Å²) in [5.41, 5.74) is 0. The summed E-state index contributed by atoms with van der Waals surface area (Å²) >= 11 is 0. The summed E-state index contributed by atoms with van der Waals surface area (Å²) < 4.78 is 5.16. The van der Waals surface area contributed by atoms with Gasteiger partial charge in [0, 0.05) is 5.92 Å². The van der Waals surface area contributed by atoms with Crippen LogP contribution in [-0.4, -0.2) is 35.1 Å². The van der Waals surface area contributed by atoms with Crippen LogP contribution in [0.1, 0.15) is 25.7 Å². The van der Waals surface area contributed by atoms with Crippen LogP contribution in [-0.2, 0) is 4.74 Å². The Kier molecular flexibility index (Phi) is 3.07. The molecule has 0 aromatic rings. The van der Waals surface area contributed by atoms with Gasteiger partial charge in [0.1, 0.15) is 18.3 Å². The first-order valence-corrected chi connectivity index (χ1v) is 5.26. The Labute approximate surface area is 84.1 Å². The minimum Gasteiger partial charge on any atom is -0.388 e. The van der Waals surface area contributed by atoms with Crippen molar-refractivity contribution in [3.8, 4) is 11.8 Å². The highest BCUT2D eigenvalue weighted by atomic mass is 16.5. The zero-order chi connectivity index (χ0) is 9.97. The van der Waals surface area contributed by atoms with Crippen molar-refractivity contribution in [2.75, 3.05) is 6.61 Å². The van der Waals surface area contributed by atoms with Gasteiger partial charge in [-0.3, -0.25) is 0 Å². The van der Waals surface area contributed by atoms with Crippen molar-refractivity contribution in [3.05, 3.63) is 0 Å². The molecule has 2 aliphatic rings. The van der Waals surface area contributed by atoms with Crippen LogP contribution >= 0.6 is 0 Å². The molecule has 3 atom stereocenters. The Bertz CT molecular complexity index is 247. The largest absolute Gasteiger partial charge is 0.388 e. The summed E-state index contributed by atoms with van der Waals surface area (Å²) in [6, 6.07) is 0. The Hall–Kier alpha value is -0.560. The van der Waals surface area contributed by atoms with Crippen molar-refractivity contribution >= 4 is 0 Å². The quantitative estimate of drug-likeness (QED) is 0.548. The van der Waals surface area contributed by atoms with Gasteiger partial charge < -0.3 is 14.9 Å². The number of aliphatic hydroxyl groups excluding tert-OH is 2. The molecule has 0 radical (unpaired) electrons. The molecule has 3 unspecified atom stereocenters. The first-order chi connectivity index (χ1) is 6.77. The van der Waals surface area contributed by atoms with Crippen LogP contribution in [0.4, 0.5) is 0 Å². The van der Waals surface area contributed by atoms with E-state index in [9.17, 15) is 10.2 Å². The van der Waals surface area contributed by atoms with Crippen LogP contribution in [0.3, 0.4) is 0 Å². The average Bonchev–Trinajstić information content (AvgIpc) is 2.77. The molecule has 1 aliphatic carbocycles. The minimum absolute atomic E-state index is 0.200. The van der Waals surface area contributed by atoms with Gasteiger partial charge in [0.05, 0.1) is 6.61 Å². The molecular weight excluding hydrogens is 180 g/mol. The number of aliphatic hydroxyl groups is 2. The van der Waals surface area contributed by atoms with Crippen LogP contribution < -0.4 is 0 Å². The Morgan fingerprint density at radius 2 is 1.79 bits per heavy atom. The van der Waals surface area contributed by atoms with E-state index in [0.717, 1.165) is 0 Å². The average molecular weight is 196 g/mol. The lowest BCUT2D eigenvalue weighted by molar-refractivity contribution is 0.0446. The van der Waals surface area contributed by atoms with Gasteiger partial charge >= 0.3 is 0 Å². The molecule has 2 fully saturated rings. The van der Waals surface area contributed by atoms with E-state index in [1.807, 2.05) is 0 Å². The van der Waals surface area contributed by atoms with Gasteiger partial charge in [-0.05, 0) is 12.8 Å². The molecule has 2 N–H and O–H groups in total. The molecule has 3 heteroatoms. The van der Waals surface area contributed by atoms with Gasteiger partial charge in [-0.2, -0.15) is 0 Å². The van der Waals surface area contributed by atoms with Gasteiger partial charge in [0.2, 0.25) is 0 Å². The molecule has 0 bridgehead atoms. The van der Waals surface area contributed by atoms with E-state index in [4.69, 9.17) is 4.74 Å². The smallest absolute Gasteiger partial charge is 0.146 e. The maximum Gasteiger partial charge on any atom is 0.146 e. The van der Waals surface area contributed by atoms with Gasteiger partial charge in [-0.25, -0.2) is 0 Å². The summed E-state index contributed by atoms with van der Waals surface area (Å²) in [7, 11) is 0. The van der Waals surface area contributed by atoms with Crippen molar-refractivity contribution in [2.24, 2.45) is 5.92 Å². The van der Waals surface area contributed by atoms with E-state index in [1.165, 1.54) is 25.7 Å².